The van der Waals surface area contributed by atoms with E-state index in [1.807, 2.05) is 6.07 Å². The molecule has 8 nitrogen and oxygen atoms in total. The lowest BCUT2D eigenvalue weighted by atomic mass is 10.2. The normalized spacial score (nSPS) is 10.3. The molecule has 0 atom stereocenters. The summed E-state index contributed by atoms with van der Waals surface area (Å²) in [6, 6.07) is 6.95. The van der Waals surface area contributed by atoms with E-state index in [2.05, 4.69) is 36.3 Å². The van der Waals surface area contributed by atoms with Gasteiger partial charge in [0, 0.05) is 30.0 Å². The number of aromatic nitrogens is 2. The number of benzene rings is 1. The molecule has 1 aromatic carbocycles. The van der Waals surface area contributed by atoms with E-state index in [0.717, 1.165) is 4.47 Å². The molecule has 1 heterocycles. The monoisotopic (exact) mass is 368 g/mol. The average molecular weight is 369 g/mol. The number of halogens is 1. The molecule has 2 aromatic rings. The molecule has 0 aliphatic carbocycles. The molecule has 0 saturated carbocycles. The molecule has 0 saturated heterocycles. The molecule has 0 bridgehead atoms. The Hall–Kier alpha value is -2.42. The molecule has 0 aliphatic heterocycles. The first-order valence-electron chi connectivity index (χ1n) is 6.37. The lowest BCUT2D eigenvalue weighted by Gasteiger charge is -2.06. The number of carbonyl (C=O) groups excluding carboxylic acids is 2. The van der Waals surface area contributed by atoms with Crippen molar-refractivity contribution in [2.45, 2.75) is 6.92 Å². The summed E-state index contributed by atoms with van der Waals surface area (Å²) in [4.78, 5) is 23.7. The quantitative estimate of drug-likeness (QED) is 0.590. The Morgan fingerprint density at radius 3 is 2.59 bits per heavy atom. The molecule has 2 amide bonds. The topological polar surface area (TPSA) is 111 Å². The van der Waals surface area contributed by atoms with E-state index in [9.17, 15) is 14.8 Å². The van der Waals surface area contributed by atoms with Crippen LogP contribution in [-0.4, -0.2) is 30.1 Å². The van der Waals surface area contributed by atoms with Crippen LogP contribution in [0.5, 0.6) is 0 Å². The maximum absolute atomic E-state index is 11.9. The highest BCUT2D eigenvalue weighted by Gasteiger charge is 2.22. The van der Waals surface area contributed by atoms with Gasteiger partial charge in [0.25, 0.3) is 5.91 Å². The summed E-state index contributed by atoms with van der Waals surface area (Å²) in [6.45, 7) is 1.86. The molecule has 2 N–H and O–H groups in total. The van der Waals surface area contributed by atoms with Gasteiger partial charge in [-0.05, 0) is 23.1 Å². The first-order chi connectivity index (χ1) is 10.5. The number of hydrogen-bond acceptors (Lipinski definition) is 5. The first kappa shape index (κ1) is 16.0. The summed E-state index contributed by atoms with van der Waals surface area (Å²) in [5, 5.41) is 19.6. The summed E-state index contributed by atoms with van der Waals surface area (Å²) in [7, 11) is 0. The van der Waals surface area contributed by atoms with Gasteiger partial charge in [-0.15, -0.1) is 0 Å². The zero-order valence-corrected chi connectivity index (χ0v) is 13.2. The summed E-state index contributed by atoms with van der Waals surface area (Å²) in [5.41, 5.74) is 0.518. The predicted molar refractivity (Wildman–Crippen MR) is 79.0 cm³/mol. The smallest absolute Gasteiger partial charge is 0.308 e. The van der Waals surface area contributed by atoms with E-state index >= 15 is 0 Å². The largest absolute Gasteiger partial charge is 0.359 e. The van der Waals surface area contributed by atoms with Crippen LogP contribution in [0.3, 0.4) is 0 Å². The molecular weight excluding hydrogens is 356 g/mol. The number of amides is 2. The van der Waals surface area contributed by atoms with Crippen molar-refractivity contribution in [3.63, 3.8) is 0 Å². The van der Waals surface area contributed by atoms with Crippen LogP contribution in [0.1, 0.15) is 26.5 Å². The fourth-order valence-corrected chi connectivity index (χ4v) is 2.06. The molecule has 2 rings (SSSR count). The van der Waals surface area contributed by atoms with Crippen molar-refractivity contribution >= 4 is 27.7 Å². The van der Waals surface area contributed by atoms with Crippen molar-refractivity contribution < 1.29 is 19.1 Å². The van der Waals surface area contributed by atoms with E-state index in [1.165, 1.54) is 6.92 Å². The van der Waals surface area contributed by atoms with Gasteiger partial charge in [-0.3, -0.25) is 14.2 Å². The predicted octanol–water partition coefficient (Wildman–Crippen LogP) is 0.539. The van der Waals surface area contributed by atoms with E-state index in [4.69, 9.17) is 0 Å². The summed E-state index contributed by atoms with van der Waals surface area (Å²) < 4.78 is 5.11. The third-order valence-electron chi connectivity index (χ3n) is 2.82. The van der Waals surface area contributed by atoms with Gasteiger partial charge in [0.15, 0.2) is 0 Å². The highest BCUT2D eigenvalue weighted by molar-refractivity contribution is 9.10. The second-order valence-electron chi connectivity index (χ2n) is 4.39. The number of nitrogens with one attached hydrogen (secondary N) is 2. The van der Waals surface area contributed by atoms with E-state index in [1.54, 1.807) is 18.2 Å². The van der Waals surface area contributed by atoms with E-state index in [0.29, 0.717) is 5.56 Å². The standard InChI is InChI=1S/C13H13BrN4O4/c1-8-11(17-22-18(8)21)13(20)16-6-5-15-12(19)9-3-2-4-10(14)7-9/h2-4,7H,5-6H2,1H3,(H,15,19)(H,16,20). The minimum Gasteiger partial charge on any atom is -0.359 e. The van der Waals surface area contributed by atoms with Gasteiger partial charge in [0.1, 0.15) is 0 Å². The second-order valence-corrected chi connectivity index (χ2v) is 5.30. The molecule has 22 heavy (non-hydrogen) atoms. The third kappa shape index (κ3) is 3.82. The van der Waals surface area contributed by atoms with Crippen LogP contribution in [-0.2, 0) is 0 Å². The molecule has 0 radical (unpaired) electrons. The van der Waals surface area contributed by atoms with E-state index in [-0.39, 0.29) is 35.3 Å². The Balaban J connectivity index is 1.79. The van der Waals surface area contributed by atoms with Crippen LogP contribution in [0.25, 0.3) is 0 Å². The van der Waals surface area contributed by atoms with Crippen LogP contribution in [0.2, 0.25) is 0 Å². The average Bonchev–Trinajstić information content (AvgIpc) is 2.83. The van der Waals surface area contributed by atoms with Crippen LogP contribution >= 0.6 is 15.9 Å². The van der Waals surface area contributed by atoms with Gasteiger partial charge in [-0.2, -0.15) is 0 Å². The molecule has 116 valence electrons. The Morgan fingerprint density at radius 1 is 1.32 bits per heavy atom. The van der Waals surface area contributed by atoms with Gasteiger partial charge >= 0.3 is 11.6 Å². The highest BCUT2D eigenvalue weighted by atomic mass is 79.9. The van der Waals surface area contributed by atoms with Crippen LogP contribution in [0.15, 0.2) is 33.4 Å². The van der Waals surface area contributed by atoms with Crippen LogP contribution in [0, 0.1) is 12.1 Å². The van der Waals surface area contributed by atoms with Gasteiger partial charge in [-0.1, -0.05) is 22.0 Å². The fourth-order valence-electron chi connectivity index (χ4n) is 1.66. The number of nitrogens with zero attached hydrogens (tertiary/aromatic N) is 2. The van der Waals surface area contributed by atoms with Crippen LogP contribution in [0.4, 0.5) is 0 Å². The lowest BCUT2D eigenvalue weighted by Crippen LogP contribution is -2.35. The van der Waals surface area contributed by atoms with Crippen LogP contribution < -0.4 is 15.5 Å². The Bertz CT molecular complexity index is 701. The Kier molecular flexibility index (Phi) is 5.10. The molecule has 0 fully saturated rings. The van der Waals surface area contributed by atoms with E-state index < -0.39 is 5.91 Å². The zero-order valence-electron chi connectivity index (χ0n) is 11.6. The maximum Gasteiger partial charge on any atom is 0.308 e. The lowest BCUT2D eigenvalue weighted by molar-refractivity contribution is -0.806. The molecule has 9 heteroatoms. The SMILES string of the molecule is Cc1c(C(=O)NCCNC(=O)c2cccc(Br)c2)no[n+]1[O-]. The van der Waals surface area contributed by atoms with Gasteiger partial charge in [0.05, 0.1) is 5.16 Å². The van der Waals surface area contributed by atoms with Crippen molar-refractivity contribution in [2.24, 2.45) is 0 Å². The number of hydrogen-bond donors (Lipinski definition) is 2. The highest BCUT2D eigenvalue weighted by Crippen LogP contribution is 2.11. The summed E-state index contributed by atoms with van der Waals surface area (Å²) in [6.07, 6.45) is 0. The van der Waals surface area contributed by atoms with Crippen molar-refractivity contribution in [3.05, 3.63) is 50.9 Å². The number of carbonyl (C=O) groups is 2. The van der Waals surface area contributed by atoms with Gasteiger partial charge in [0.2, 0.25) is 5.69 Å². The third-order valence-corrected chi connectivity index (χ3v) is 3.31. The minimum absolute atomic E-state index is 0.0756. The summed E-state index contributed by atoms with van der Waals surface area (Å²) >= 11 is 3.29. The van der Waals surface area contributed by atoms with Gasteiger partial charge in [-0.25, -0.2) is 0 Å². The van der Waals surface area contributed by atoms with Crippen molar-refractivity contribution in [1.29, 1.82) is 0 Å². The number of rotatable bonds is 5. The molecule has 1 aromatic heterocycles. The molecule has 0 unspecified atom stereocenters. The Morgan fingerprint density at radius 2 is 2.00 bits per heavy atom. The zero-order chi connectivity index (χ0) is 16.1. The van der Waals surface area contributed by atoms with Crippen molar-refractivity contribution in [3.8, 4) is 0 Å². The van der Waals surface area contributed by atoms with Crippen molar-refractivity contribution in [2.75, 3.05) is 13.1 Å². The second kappa shape index (κ2) is 7.03. The van der Waals surface area contributed by atoms with Gasteiger partial charge < -0.3 is 15.8 Å². The first-order valence-corrected chi connectivity index (χ1v) is 7.16. The molecular formula is C13H13BrN4O4. The maximum atomic E-state index is 11.9. The fraction of sp³-hybridized carbons (Fsp3) is 0.231. The summed E-state index contributed by atoms with van der Waals surface area (Å²) in [5.74, 6) is -0.780. The molecule has 0 spiro atoms. The Labute approximate surface area is 134 Å². The minimum atomic E-state index is -0.535. The molecule has 0 aliphatic rings. The van der Waals surface area contributed by atoms with Crippen molar-refractivity contribution in [1.82, 2.24) is 15.8 Å².